The van der Waals surface area contributed by atoms with Crippen molar-refractivity contribution in [1.82, 2.24) is 0 Å². The molecule has 3 rings (SSSR count). The van der Waals surface area contributed by atoms with Crippen LogP contribution in [0.15, 0.2) is 48.2 Å². The summed E-state index contributed by atoms with van der Waals surface area (Å²) in [5, 5.41) is 0. The smallest absolute Gasteiger partial charge is 0.0447 e. The number of allylic oxidation sites excluding steroid dienone is 4. The van der Waals surface area contributed by atoms with Gasteiger partial charge in [-0.25, -0.2) is 0 Å². The van der Waals surface area contributed by atoms with Gasteiger partial charge in [-0.2, -0.15) is 0 Å². The number of rotatable bonds is 4. The molecular formula is C17H21N. The Bertz CT molecular complexity index is 484. The largest absolute Gasteiger partial charge is 0.344 e. The van der Waals surface area contributed by atoms with Crippen LogP contribution in [0.3, 0.4) is 0 Å². The molecule has 1 atom stereocenters. The standard InChI is InChI=1S/C17H21N/c1-2-3-8-13-18-16-11-6-4-9-14(16)15-10-5-7-12-17(15)18/h4-7,9,11-12,15H,2-3,8,10,13H2,1H3. The highest BCUT2D eigenvalue weighted by atomic mass is 15.2. The van der Waals surface area contributed by atoms with E-state index in [9.17, 15) is 0 Å². The van der Waals surface area contributed by atoms with Crippen molar-refractivity contribution >= 4 is 5.69 Å². The van der Waals surface area contributed by atoms with Gasteiger partial charge in [-0.15, -0.1) is 0 Å². The highest BCUT2D eigenvalue weighted by Gasteiger charge is 2.32. The van der Waals surface area contributed by atoms with E-state index in [-0.39, 0.29) is 0 Å². The van der Waals surface area contributed by atoms with Crippen molar-refractivity contribution in [1.29, 1.82) is 0 Å². The van der Waals surface area contributed by atoms with Crippen molar-refractivity contribution in [2.75, 3.05) is 11.4 Å². The number of fused-ring (bicyclic) bond motifs is 3. The Labute approximate surface area is 110 Å². The first kappa shape index (κ1) is 11.6. The zero-order valence-corrected chi connectivity index (χ0v) is 11.1. The van der Waals surface area contributed by atoms with Crippen LogP contribution in [0, 0.1) is 0 Å². The Morgan fingerprint density at radius 3 is 3.00 bits per heavy atom. The maximum Gasteiger partial charge on any atom is 0.0447 e. The van der Waals surface area contributed by atoms with Crippen LogP contribution < -0.4 is 4.90 Å². The Balaban J connectivity index is 1.90. The van der Waals surface area contributed by atoms with Crippen molar-refractivity contribution in [2.45, 2.75) is 38.5 Å². The molecule has 1 aliphatic carbocycles. The molecule has 18 heavy (non-hydrogen) atoms. The molecule has 1 aromatic carbocycles. The van der Waals surface area contributed by atoms with Gasteiger partial charge in [-0.1, -0.05) is 50.1 Å². The van der Waals surface area contributed by atoms with Crippen molar-refractivity contribution in [3.63, 3.8) is 0 Å². The quantitative estimate of drug-likeness (QED) is 0.693. The molecule has 0 radical (unpaired) electrons. The molecule has 0 saturated carbocycles. The summed E-state index contributed by atoms with van der Waals surface area (Å²) < 4.78 is 0. The van der Waals surface area contributed by atoms with E-state index in [1.54, 1.807) is 0 Å². The van der Waals surface area contributed by atoms with Gasteiger partial charge in [0, 0.05) is 23.8 Å². The predicted octanol–water partition coefficient (Wildman–Crippen LogP) is 4.62. The topological polar surface area (TPSA) is 3.24 Å². The summed E-state index contributed by atoms with van der Waals surface area (Å²) in [4.78, 5) is 2.54. The van der Waals surface area contributed by atoms with Gasteiger partial charge in [0.1, 0.15) is 0 Å². The molecule has 0 aromatic heterocycles. The number of para-hydroxylation sites is 1. The number of unbranched alkanes of at least 4 members (excludes halogenated alkanes) is 2. The summed E-state index contributed by atoms with van der Waals surface area (Å²) in [5.74, 6) is 0.604. The monoisotopic (exact) mass is 239 g/mol. The second-order valence-electron chi connectivity index (χ2n) is 5.23. The van der Waals surface area contributed by atoms with Crippen LogP contribution in [-0.2, 0) is 0 Å². The number of nitrogens with zero attached hydrogens (tertiary/aromatic N) is 1. The fourth-order valence-electron chi connectivity index (χ4n) is 3.12. The van der Waals surface area contributed by atoms with E-state index in [1.807, 2.05) is 0 Å². The minimum absolute atomic E-state index is 0.604. The van der Waals surface area contributed by atoms with Gasteiger partial charge in [-0.05, 0) is 30.5 Å². The van der Waals surface area contributed by atoms with Crippen LogP contribution in [-0.4, -0.2) is 6.54 Å². The fraction of sp³-hybridized carbons (Fsp3) is 0.412. The number of hydrogen-bond acceptors (Lipinski definition) is 1. The molecule has 1 heteroatoms. The molecule has 1 aromatic rings. The molecule has 2 aliphatic rings. The molecule has 94 valence electrons. The molecule has 1 unspecified atom stereocenters. The molecular weight excluding hydrogens is 218 g/mol. The van der Waals surface area contributed by atoms with Gasteiger partial charge in [0.15, 0.2) is 0 Å². The Morgan fingerprint density at radius 1 is 1.22 bits per heavy atom. The van der Waals surface area contributed by atoms with Gasteiger partial charge >= 0.3 is 0 Å². The minimum Gasteiger partial charge on any atom is -0.344 e. The first-order chi connectivity index (χ1) is 8.92. The summed E-state index contributed by atoms with van der Waals surface area (Å²) in [5.41, 5.74) is 4.47. The number of anilines is 1. The lowest BCUT2D eigenvalue weighted by molar-refractivity contribution is 0.694. The molecule has 1 heterocycles. The van der Waals surface area contributed by atoms with E-state index in [0.29, 0.717) is 5.92 Å². The highest BCUT2D eigenvalue weighted by molar-refractivity contribution is 5.69. The highest BCUT2D eigenvalue weighted by Crippen LogP contribution is 2.46. The lowest BCUT2D eigenvalue weighted by atomic mass is 9.92. The Morgan fingerprint density at radius 2 is 2.11 bits per heavy atom. The average Bonchev–Trinajstić information content (AvgIpc) is 2.74. The van der Waals surface area contributed by atoms with Crippen molar-refractivity contribution in [3.05, 3.63) is 53.8 Å². The summed E-state index contributed by atoms with van der Waals surface area (Å²) in [6.07, 6.45) is 11.9. The molecule has 0 bridgehead atoms. The maximum atomic E-state index is 2.54. The first-order valence-corrected chi connectivity index (χ1v) is 7.15. The number of hydrogen-bond donors (Lipinski definition) is 0. The minimum atomic E-state index is 0.604. The lowest BCUT2D eigenvalue weighted by Crippen LogP contribution is -2.21. The van der Waals surface area contributed by atoms with E-state index >= 15 is 0 Å². The second kappa shape index (κ2) is 5.01. The second-order valence-corrected chi connectivity index (χ2v) is 5.23. The van der Waals surface area contributed by atoms with E-state index in [0.717, 1.165) is 6.42 Å². The molecule has 0 fully saturated rings. The fourth-order valence-corrected chi connectivity index (χ4v) is 3.12. The number of benzene rings is 1. The third kappa shape index (κ3) is 1.88. The normalized spacial score (nSPS) is 20.6. The summed E-state index contributed by atoms with van der Waals surface area (Å²) in [6.45, 7) is 3.43. The molecule has 0 spiro atoms. The third-order valence-corrected chi connectivity index (χ3v) is 4.03. The Kier molecular flexibility index (Phi) is 3.22. The van der Waals surface area contributed by atoms with Crippen LogP contribution in [0.2, 0.25) is 0 Å². The zero-order valence-electron chi connectivity index (χ0n) is 11.1. The molecule has 1 nitrogen and oxygen atoms in total. The summed E-state index contributed by atoms with van der Waals surface area (Å²) in [7, 11) is 0. The maximum absolute atomic E-state index is 2.54. The summed E-state index contributed by atoms with van der Waals surface area (Å²) >= 11 is 0. The molecule has 0 N–H and O–H groups in total. The van der Waals surface area contributed by atoms with Crippen LogP contribution in [0.25, 0.3) is 0 Å². The van der Waals surface area contributed by atoms with Gasteiger partial charge in [0.05, 0.1) is 0 Å². The van der Waals surface area contributed by atoms with Gasteiger partial charge in [0.2, 0.25) is 0 Å². The molecule has 0 amide bonds. The van der Waals surface area contributed by atoms with Gasteiger partial charge in [-0.3, -0.25) is 0 Å². The van der Waals surface area contributed by atoms with Crippen LogP contribution in [0.1, 0.15) is 44.1 Å². The molecule has 1 aliphatic heterocycles. The van der Waals surface area contributed by atoms with E-state index in [2.05, 4.69) is 54.3 Å². The van der Waals surface area contributed by atoms with Crippen LogP contribution >= 0.6 is 0 Å². The van der Waals surface area contributed by atoms with Crippen molar-refractivity contribution < 1.29 is 0 Å². The van der Waals surface area contributed by atoms with Crippen LogP contribution in [0.5, 0.6) is 0 Å². The predicted molar refractivity (Wildman–Crippen MR) is 77.9 cm³/mol. The van der Waals surface area contributed by atoms with Crippen molar-refractivity contribution in [2.24, 2.45) is 0 Å². The average molecular weight is 239 g/mol. The first-order valence-electron chi connectivity index (χ1n) is 7.15. The molecule has 0 saturated heterocycles. The Hall–Kier alpha value is -1.50. The van der Waals surface area contributed by atoms with Crippen LogP contribution in [0.4, 0.5) is 5.69 Å². The van der Waals surface area contributed by atoms with Gasteiger partial charge < -0.3 is 4.90 Å². The summed E-state index contributed by atoms with van der Waals surface area (Å²) in [6, 6.07) is 8.91. The van der Waals surface area contributed by atoms with E-state index in [4.69, 9.17) is 0 Å². The third-order valence-electron chi connectivity index (χ3n) is 4.03. The zero-order chi connectivity index (χ0) is 12.4. The van der Waals surface area contributed by atoms with E-state index in [1.165, 1.54) is 42.8 Å². The lowest BCUT2D eigenvalue weighted by Gasteiger charge is -2.24. The van der Waals surface area contributed by atoms with Crippen molar-refractivity contribution in [3.8, 4) is 0 Å². The SMILES string of the molecule is CCCCCN1C2=CC=CCC2c2ccccc21. The van der Waals surface area contributed by atoms with E-state index < -0.39 is 0 Å². The van der Waals surface area contributed by atoms with Gasteiger partial charge in [0.25, 0.3) is 0 Å².